The molecule has 0 aromatic heterocycles. The summed E-state index contributed by atoms with van der Waals surface area (Å²) in [4.78, 5) is 10.5. The average molecular weight is 264 g/mol. The number of rotatable bonds is 11. The zero-order valence-electron chi connectivity index (χ0n) is 10.3. The molecule has 0 radical (unpaired) electrons. The van der Waals surface area contributed by atoms with Gasteiger partial charge in [0.1, 0.15) is 6.04 Å². The van der Waals surface area contributed by atoms with Gasteiger partial charge < -0.3 is 9.90 Å². The molecule has 0 heterocycles. The number of hydrogen-bond donors (Lipinski definition) is 2. The van der Waals surface area contributed by atoms with Gasteiger partial charge in [-0.3, -0.25) is 10.4 Å². The van der Waals surface area contributed by atoms with Crippen molar-refractivity contribution in [1.82, 2.24) is 5.23 Å². The number of aliphatic carboxylic acids is 1. The lowest BCUT2D eigenvalue weighted by molar-refractivity contribution is -0.364. The van der Waals surface area contributed by atoms with Crippen molar-refractivity contribution in [3.63, 3.8) is 0 Å². The molecule has 0 aliphatic heterocycles. The first kappa shape index (κ1) is 16.7. The predicted octanol–water partition coefficient (Wildman–Crippen LogP) is 1.28. The number of nitrogens with zero attached hydrogens (tertiary/aromatic N) is 1. The second kappa shape index (κ2) is 10.8. The van der Waals surface area contributed by atoms with E-state index in [1.807, 2.05) is 11.8 Å². The lowest BCUT2D eigenvalue weighted by atomic mass is 10.1. The molecule has 0 fully saturated rings. The van der Waals surface area contributed by atoms with Crippen molar-refractivity contribution >= 4 is 17.7 Å². The van der Waals surface area contributed by atoms with Crippen molar-refractivity contribution in [2.75, 3.05) is 12.0 Å². The van der Waals surface area contributed by atoms with Crippen LogP contribution in [0.15, 0.2) is 0 Å². The molecule has 0 saturated heterocycles. The molecular weight excluding hydrogens is 242 g/mol. The molecule has 0 amide bonds. The van der Waals surface area contributed by atoms with Gasteiger partial charge in [-0.25, -0.2) is 0 Å². The highest BCUT2D eigenvalue weighted by Gasteiger charge is 2.15. The first-order chi connectivity index (χ1) is 8.09. The fraction of sp³-hybridized carbons (Fsp3) is 0.909. The van der Waals surface area contributed by atoms with Crippen molar-refractivity contribution < 1.29 is 20.3 Å². The Morgan fingerprint density at radius 2 is 1.71 bits per heavy atom. The van der Waals surface area contributed by atoms with Crippen LogP contribution in [0.1, 0.15) is 44.9 Å². The summed E-state index contributed by atoms with van der Waals surface area (Å²) in [6.45, 7) is 0. The Bertz CT molecular complexity index is 202. The van der Waals surface area contributed by atoms with E-state index < -0.39 is 12.0 Å². The van der Waals surface area contributed by atoms with E-state index in [1.165, 1.54) is 18.6 Å². The molecule has 0 aliphatic rings. The van der Waals surface area contributed by atoms with E-state index in [0.717, 1.165) is 19.3 Å². The number of thioether (sulfide) groups is 1. The Balaban J connectivity index is 3.40. The zero-order valence-corrected chi connectivity index (χ0v) is 11.1. The third kappa shape index (κ3) is 9.41. The van der Waals surface area contributed by atoms with Gasteiger partial charge in [0, 0.05) is 0 Å². The molecule has 102 valence electrons. The number of carboxylic acids is 1. The Morgan fingerprint density at radius 3 is 2.18 bits per heavy atom. The summed E-state index contributed by atoms with van der Waals surface area (Å²) in [5, 5.41) is 27.5. The van der Waals surface area contributed by atoms with Crippen LogP contribution < -0.4 is 5.11 Å². The van der Waals surface area contributed by atoms with Crippen LogP contribution in [0.4, 0.5) is 0 Å². The van der Waals surface area contributed by atoms with Crippen LogP contribution in [0.3, 0.4) is 0 Å². The molecule has 0 rings (SSSR count). The maximum absolute atomic E-state index is 10.5. The Kier molecular flexibility index (Phi) is 10.6. The van der Waals surface area contributed by atoms with Crippen LogP contribution in [0, 0.1) is 0 Å². The molecular formula is C11H22NO4S-. The lowest BCUT2D eigenvalue weighted by Gasteiger charge is -2.20. The predicted molar refractivity (Wildman–Crippen MR) is 64.9 cm³/mol. The fourth-order valence-corrected chi connectivity index (χ4v) is 2.11. The molecule has 0 spiro atoms. The smallest absolute Gasteiger partial charge is 0.102 e. The summed E-state index contributed by atoms with van der Waals surface area (Å²) >= 11 is 1.85. The SMILES string of the molecule is CSCCCCCCCC[C@@H](C(=O)[O-])N(O)O. The molecule has 6 heteroatoms. The summed E-state index contributed by atoms with van der Waals surface area (Å²) in [5.74, 6) is -0.258. The maximum atomic E-state index is 10.5. The number of hydroxylamine groups is 2. The van der Waals surface area contributed by atoms with Crippen LogP contribution in [0.2, 0.25) is 0 Å². The maximum Gasteiger partial charge on any atom is 0.102 e. The van der Waals surface area contributed by atoms with Gasteiger partial charge in [0.25, 0.3) is 0 Å². The zero-order chi connectivity index (χ0) is 13.1. The van der Waals surface area contributed by atoms with Crippen molar-refractivity contribution in [2.45, 2.75) is 51.0 Å². The molecule has 0 aromatic rings. The van der Waals surface area contributed by atoms with Crippen molar-refractivity contribution in [1.29, 1.82) is 0 Å². The first-order valence-corrected chi connectivity index (χ1v) is 7.35. The second-order valence-corrected chi connectivity index (χ2v) is 5.04. The molecule has 17 heavy (non-hydrogen) atoms. The third-order valence-corrected chi connectivity index (χ3v) is 3.32. The van der Waals surface area contributed by atoms with Crippen molar-refractivity contribution in [3.8, 4) is 0 Å². The van der Waals surface area contributed by atoms with Gasteiger partial charge in [-0.1, -0.05) is 37.3 Å². The standard InChI is InChI=1S/C11H23NO4S/c1-17-9-7-5-3-2-4-6-8-10(11(13)14)12(15)16/h10,15-16H,2-9H2,1H3,(H,13,14)/p-1/t10-/m0/s1. The van der Waals surface area contributed by atoms with E-state index in [1.54, 1.807) is 0 Å². The van der Waals surface area contributed by atoms with Gasteiger partial charge in [0.2, 0.25) is 0 Å². The molecule has 0 aliphatic carbocycles. The van der Waals surface area contributed by atoms with E-state index in [4.69, 9.17) is 10.4 Å². The highest BCUT2D eigenvalue weighted by Crippen LogP contribution is 2.11. The van der Waals surface area contributed by atoms with Crippen LogP contribution >= 0.6 is 11.8 Å². The Labute approximate surface area is 107 Å². The average Bonchev–Trinajstić information content (AvgIpc) is 2.26. The van der Waals surface area contributed by atoms with E-state index in [0.29, 0.717) is 6.42 Å². The summed E-state index contributed by atoms with van der Waals surface area (Å²) in [6.07, 6.45) is 8.52. The molecule has 0 aromatic carbocycles. The van der Waals surface area contributed by atoms with Crippen molar-refractivity contribution in [3.05, 3.63) is 0 Å². The number of unbranched alkanes of at least 4 members (excludes halogenated alkanes) is 5. The summed E-state index contributed by atoms with van der Waals surface area (Å²) in [7, 11) is 0. The highest BCUT2D eigenvalue weighted by molar-refractivity contribution is 7.98. The minimum atomic E-state index is -1.45. The molecule has 2 N–H and O–H groups in total. The summed E-state index contributed by atoms with van der Waals surface area (Å²) in [5.41, 5.74) is 0. The van der Waals surface area contributed by atoms with Gasteiger partial charge in [0.05, 0.1) is 5.97 Å². The number of hydrogen-bond acceptors (Lipinski definition) is 6. The van der Waals surface area contributed by atoms with E-state index in [-0.39, 0.29) is 11.6 Å². The van der Waals surface area contributed by atoms with Gasteiger partial charge in [-0.05, 0) is 24.9 Å². The normalized spacial score (nSPS) is 12.9. The summed E-state index contributed by atoms with van der Waals surface area (Å²) < 4.78 is 0. The van der Waals surface area contributed by atoms with E-state index in [9.17, 15) is 9.90 Å². The minimum absolute atomic E-state index is 0.208. The highest BCUT2D eigenvalue weighted by atomic mass is 32.2. The van der Waals surface area contributed by atoms with Gasteiger partial charge in [-0.15, -0.1) is 0 Å². The largest absolute Gasteiger partial charge is 0.548 e. The molecule has 0 unspecified atom stereocenters. The summed E-state index contributed by atoms with van der Waals surface area (Å²) in [6, 6.07) is -1.31. The quantitative estimate of drug-likeness (QED) is 0.432. The lowest BCUT2D eigenvalue weighted by Crippen LogP contribution is -2.45. The molecule has 1 atom stereocenters. The second-order valence-electron chi connectivity index (χ2n) is 4.06. The number of carbonyl (C=O) groups excluding carboxylic acids is 1. The Hall–Kier alpha value is -0.300. The van der Waals surface area contributed by atoms with E-state index >= 15 is 0 Å². The number of carboxylic acid groups (broad SMARTS) is 1. The van der Waals surface area contributed by atoms with Gasteiger partial charge in [0.15, 0.2) is 0 Å². The number of carbonyl (C=O) groups is 1. The van der Waals surface area contributed by atoms with Gasteiger partial charge in [-0.2, -0.15) is 11.8 Å². The van der Waals surface area contributed by atoms with Gasteiger partial charge >= 0.3 is 0 Å². The van der Waals surface area contributed by atoms with E-state index in [2.05, 4.69) is 6.26 Å². The van der Waals surface area contributed by atoms with Crippen molar-refractivity contribution in [2.24, 2.45) is 0 Å². The van der Waals surface area contributed by atoms with Crippen LogP contribution in [-0.4, -0.2) is 39.7 Å². The van der Waals surface area contributed by atoms with Crippen LogP contribution in [0.25, 0.3) is 0 Å². The topological polar surface area (TPSA) is 83.8 Å². The minimum Gasteiger partial charge on any atom is -0.548 e. The van der Waals surface area contributed by atoms with Crippen LogP contribution in [0.5, 0.6) is 0 Å². The molecule has 0 saturated carbocycles. The monoisotopic (exact) mass is 264 g/mol. The third-order valence-electron chi connectivity index (χ3n) is 2.63. The molecule has 5 nitrogen and oxygen atoms in total. The first-order valence-electron chi connectivity index (χ1n) is 5.96. The fourth-order valence-electron chi connectivity index (χ4n) is 1.62. The Morgan fingerprint density at radius 1 is 1.18 bits per heavy atom. The van der Waals surface area contributed by atoms with Crippen LogP contribution in [-0.2, 0) is 4.79 Å². The molecule has 0 bridgehead atoms.